The monoisotopic (exact) mass is 493 g/mol. The van der Waals surface area contributed by atoms with E-state index in [1.54, 1.807) is 7.11 Å². The van der Waals surface area contributed by atoms with E-state index in [9.17, 15) is 0 Å². The summed E-state index contributed by atoms with van der Waals surface area (Å²) in [5.74, 6) is 1.51. The highest BCUT2D eigenvalue weighted by molar-refractivity contribution is 8.05. The van der Waals surface area contributed by atoms with E-state index in [-0.39, 0.29) is 0 Å². The molecule has 0 fully saturated rings. The summed E-state index contributed by atoms with van der Waals surface area (Å²) in [6.07, 6.45) is 0. The molecule has 0 amide bonds. The minimum absolute atomic E-state index is 0.359. The van der Waals surface area contributed by atoms with Gasteiger partial charge in [0, 0.05) is 29.8 Å². The Kier molecular flexibility index (Phi) is 23.4. The molecule has 0 saturated carbocycles. The van der Waals surface area contributed by atoms with Crippen LogP contribution >= 0.6 is 35.3 Å². The van der Waals surface area contributed by atoms with E-state index in [1.807, 2.05) is 0 Å². The molecule has 12 heteroatoms. The van der Waals surface area contributed by atoms with Crippen LogP contribution in [0.3, 0.4) is 0 Å². The number of methoxy groups -OCH3 is 1. The Morgan fingerprint density at radius 2 is 0.871 bits per heavy atom. The average Bonchev–Trinajstić information content (AvgIpc) is 2.79. The first-order valence-electron chi connectivity index (χ1n) is 9.65. The summed E-state index contributed by atoms with van der Waals surface area (Å²) in [4.78, 5) is 0. The second kappa shape index (κ2) is 23.9. The molecule has 0 saturated heterocycles. The SMILES string of the molecule is COCCOCCOCCOCCOCCOCC(CSC#N)(CSC#N)CSC#N. The quantitative estimate of drug-likeness (QED) is 0.153. The lowest BCUT2D eigenvalue weighted by Crippen LogP contribution is -2.35. The zero-order chi connectivity index (χ0) is 22.9. The van der Waals surface area contributed by atoms with Crippen LogP contribution in [0.5, 0.6) is 0 Å². The molecule has 0 unspecified atom stereocenters. The first kappa shape index (κ1) is 30.3. The minimum Gasteiger partial charge on any atom is -0.382 e. The Morgan fingerprint density at radius 3 is 1.19 bits per heavy atom. The van der Waals surface area contributed by atoms with Gasteiger partial charge in [-0.05, 0) is 35.3 Å². The van der Waals surface area contributed by atoms with E-state index in [2.05, 4.69) is 16.2 Å². The highest BCUT2D eigenvalue weighted by atomic mass is 32.2. The van der Waals surface area contributed by atoms with E-state index in [0.29, 0.717) is 89.9 Å². The van der Waals surface area contributed by atoms with Gasteiger partial charge in [-0.15, -0.1) is 0 Å². The number of thioether (sulfide) groups is 3. The van der Waals surface area contributed by atoms with E-state index in [4.69, 9.17) is 44.2 Å². The summed E-state index contributed by atoms with van der Waals surface area (Å²) < 4.78 is 32.1. The van der Waals surface area contributed by atoms with Crippen molar-refractivity contribution in [3.8, 4) is 16.2 Å². The van der Waals surface area contributed by atoms with E-state index in [1.165, 1.54) is 0 Å². The van der Waals surface area contributed by atoms with Crippen molar-refractivity contribution in [3.05, 3.63) is 0 Å². The molecule has 31 heavy (non-hydrogen) atoms. The van der Waals surface area contributed by atoms with Crippen LogP contribution in [0.2, 0.25) is 0 Å². The maximum atomic E-state index is 8.87. The number of ether oxygens (including phenoxy) is 6. The van der Waals surface area contributed by atoms with Gasteiger partial charge >= 0.3 is 0 Å². The number of hydrogen-bond acceptors (Lipinski definition) is 12. The highest BCUT2D eigenvalue weighted by Gasteiger charge is 2.31. The molecular formula is C19H31N3O6S3. The van der Waals surface area contributed by atoms with Crippen molar-refractivity contribution >= 4 is 35.3 Å². The molecule has 0 aromatic carbocycles. The number of nitriles is 3. The predicted molar refractivity (Wildman–Crippen MR) is 123 cm³/mol. The second-order valence-electron chi connectivity index (χ2n) is 6.13. The normalized spacial score (nSPS) is 11.0. The summed E-state index contributed by atoms with van der Waals surface area (Å²) in [6.45, 7) is 5.27. The van der Waals surface area contributed by atoms with Crippen LogP contribution in [0.15, 0.2) is 0 Å². The van der Waals surface area contributed by atoms with Crippen LogP contribution in [0, 0.1) is 37.4 Å². The molecule has 0 radical (unpaired) electrons. The molecule has 0 N–H and O–H groups in total. The Morgan fingerprint density at radius 1 is 0.548 bits per heavy atom. The molecule has 0 atom stereocenters. The molecular weight excluding hydrogens is 462 g/mol. The van der Waals surface area contributed by atoms with Crippen LogP contribution in [0.1, 0.15) is 0 Å². The Bertz CT molecular complexity index is 494. The maximum absolute atomic E-state index is 8.87. The summed E-state index contributed by atoms with van der Waals surface area (Å²) in [5, 5.41) is 32.8. The van der Waals surface area contributed by atoms with Gasteiger partial charge in [-0.1, -0.05) is 0 Å². The average molecular weight is 494 g/mol. The van der Waals surface area contributed by atoms with Crippen molar-refractivity contribution in [2.24, 2.45) is 5.41 Å². The lowest BCUT2D eigenvalue weighted by atomic mass is 9.97. The zero-order valence-electron chi connectivity index (χ0n) is 17.9. The van der Waals surface area contributed by atoms with Gasteiger partial charge in [0.15, 0.2) is 0 Å². The zero-order valence-corrected chi connectivity index (χ0v) is 20.4. The van der Waals surface area contributed by atoms with Gasteiger partial charge in [-0.3, -0.25) is 0 Å². The van der Waals surface area contributed by atoms with Crippen LogP contribution in [-0.4, -0.2) is 97.0 Å². The van der Waals surface area contributed by atoms with Crippen molar-refractivity contribution in [1.82, 2.24) is 0 Å². The van der Waals surface area contributed by atoms with E-state index in [0.717, 1.165) is 35.3 Å². The first-order chi connectivity index (χ1) is 15.2. The number of hydrogen-bond donors (Lipinski definition) is 0. The van der Waals surface area contributed by atoms with Gasteiger partial charge in [0.1, 0.15) is 16.2 Å². The van der Waals surface area contributed by atoms with Crippen LogP contribution in [0.25, 0.3) is 0 Å². The third kappa shape index (κ3) is 19.7. The standard InChI is InChI=1S/C19H31N3O6S3/c1-23-2-3-24-4-5-25-6-7-26-8-9-27-10-11-28-12-19(13-29-16-20,14-30-17-21)15-31-18-22/h2-15H2,1H3. The molecule has 0 bridgehead atoms. The predicted octanol–water partition coefficient (Wildman–Crippen LogP) is 2.35. The second-order valence-corrected chi connectivity index (χ2v) is 8.41. The maximum Gasteiger partial charge on any atom is 0.133 e. The molecule has 0 aliphatic rings. The summed E-state index contributed by atoms with van der Waals surface area (Å²) in [5.41, 5.74) is -0.418. The summed E-state index contributed by atoms with van der Waals surface area (Å²) >= 11 is 3.34. The van der Waals surface area contributed by atoms with Gasteiger partial charge in [0.2, 0.25) is 0 Å². The molecule has 0 spiro atoms. The fourth-order valence-corrected chi connectivity index (χ4v) is 4.48. The van der Waals surface area contributed by atoms with Crippen molar-refractivity contribution < 1.29 is 28.4 Å². The number of thiocyanates is 3. The molecule has 0 rings (SSSR count). The summed E-state index contributed by atoms with van der Waals surface area (Å²) in [7, 11) is 1.63. The summed E-state index contributed by atoms with van der Waals surface area (Å²) in [6, 6.07) is 0. The van der Waals surface area contributed by atoms with Crippen LogP contribution < -0.4 is 0 Å². The third-order valence-corrected chi connectivity index (χ3v) is 6.31. The highest BCUT2D eigenvalue weighted by Crippen LogP contribution is 2.31. The Labute approximate surface area is 198 Å². The molecule has 0 aromatic rings. The molecule has 0 aliphatic carbocycles. The molecule has 0 heterocycles. The lowest BCUT2D eigenvalue weighted by Gasteiger charge is -2.30. The minimum atomic E-state index is -0.418. The van der Waals surface area contributed by atoms with Crippen LogP contribution in [-0.2, 0) is 28.4 Å². The molecule has 9 nitrogen and oxygen atoms in total. The van der Waals surface area contributed by atoms with Crippen molar-refractivity contribution in [2.75, 3.05) is 97.0 Å². The number of rotatable bonds is 23. The van der Waals surface area contributed by atoms with Gasteiger partial charge in [0.05, 0.1) is 72.7 Å². The molecule has 0 aromatic heterocycles. The third-order valence-electron chi connectivity index (χ3n) is 3.66. The van der Waals surface area contributed by atoms with Gasteiger partial charge in [-0.2, -0.15) is 15.8 Å². The van der Waals surface area contributed by atoms with E-state index >= 15 is 0 Å². The van der Waals surface area contributed by atoms with Gasteiger partial charge < -0.3 is 28.4 Å². The fourth-order valence-electron chi connectivity index (χ4n) is 2.12. The lowest BCUT2D eigenvalue weighted by molar-refractivity contribution is -0.0186. The first-order valence-corrected chi connectivity index (χ1v) is 12.6. The van der Waals surface area contributed by atoms with E-state index < -0.39 is 5.41 Å². The fraction of sp³-hybridized carbons (Fsp3) is 0.842. The van der Waals surface area contributed by atoms with Gasteiger partial charge in [-0.25, -0.2) is 0 Å². The Hall–Kier alpha value is -0.720. The topological polar surface area (TPSA) is 127 Å². The van der Waals surface area contributed by atoms with Crippen molar-refractivity contribution in [3.63, 3.8) is 0 Å². The van der Waals surface area contributed by atoms with Crippen molar-refractivity contribution in [1.29, 1.82) is 15.8 Å². The number of nitrogens with zero attached hydrogens (tertiary/aromatic N) is 3. The van der Waals surface area contributed by atoms with Gasteiger partial charge in [0.25, 0.3) is 0 Å². The molecule has 176 valence electrons. The molecule has 0 aliphatic heterocycles. The van der Waals surface area contributed by atoms with Crippen LogP contribution in [0.4, 0.5) is 0 Å². The smallest absolute Gasteiger partial charge is 0.133 e. The Balaban J connectivity index is 3.75. The largest absolute Gasteiger partial charge is 0.382 e. The van der Waals surface area contributed by atoms with Crippen molar-refractivity contribution in [2.45, 2.75) is 0 Å².